The number of anilines is 1. The van der Waals surface area contributed by atoms with Gasteiger partial charge in [0.1, 0.15) is 23.6 Å². The van der Waals surface area contributed by atoms with Gasteiger partial charge < -0.3 is 19.4 Å². The Balaban J connectivity index is 1.28. The van der Waals surface area contributed by atoms with Gasteiger partial charge in [0.05, 0.1) is 19.8 Å². The van der Waals surface area contributed by atoms with Crippen molar-refractivity contribution in [2.24, 2.45) is 0 Å². The van der Waals surface area contributed by atoms with Crippen LogP contribution in [-0.2, 0) is 0 Å². The van der Waals surface area contributed by atoms with Crippen molar-refractivity contribution in [3.05, 3.63) is 53.4 Å². The van der Waals surface area contributed by atoms with Crippen molar-refractivity contribution >= 4 is 23.1 Å². The van der Waals surface area contributed by atoms with E-state index in [1.807, 2.05) is 22.9 Å². The number of hydrogen-bond acceptors (Lipinski definition) is 8. The highest BCUT2D eigenvalue weighted by atomic mass is 32.1. The molecule has 178 valence electrons. The maximum atomic E-state index is 13.3. The van der Waals surface area contributed by atoms with Crippen molar-refractivity contribution in [1.82, 2.24) is 24.7 Å². The molecule has 1 N–H and O–H groups in total. The molecule has 2 saturated carbocycles. The van der Waals surface area contributed by atoms with E-state index in [4.69, 9.17) is 9.47 Å². The number of aromatic nitrogens is 5. The fourth-order valence-corrected chi connectivity index (χ4v) is 4.86. The lowest BCUT2D eigenvalue weighted by Crippen LogP contribution is -2.14. The molecule has 0 bridgehead atoms. The first-order valence-corrected chi connectivity index (χ1v) is 12.4. The lowest BCUT2D eigenvalue weighted by Gasteiger charge is -2.15. The van der Waals surface area contributed by atoms with Gasteiger partial charge in [-0.15, -0.1) is 21.5 Å². The molecule has 0 aliphatic heterocycles. The normalized spacial score (nSPS) is 15.1. The minimum Gasteiger partial charge on any atom is -0.496 e. The monoisotopic (exact) mass is 488 g/mol. The maximum absolute atomic E-state index is 13.3. The average Bonchev–Trinajstić information content (AvgIpc) is 3.82. The van der Waals surface area contributed by atoms with Gasteiger partial charge in [-0.2, -0.15) is 0 Å². The van der Waals surface area contributed by atoms with Crippen molar-refractivity contribution < 1.29 is 14.3 Å². The molecule has 4 aromatic rings. The molecule has 0 saturated heterocycles. The van der Waals surface area contributed by atoms with Gasteiger partial charge in [0.15, 0.2) is 10.8 Å². The summed E-state index contributed by atoms with van der Waals surface area (Å²) in [4.78, 5) is 22.5. The first kappa shape index (κ1) is 21.7. The third kappa shape index (κ3) is 4.25. The Labute approximate surface area is 206 Å². The molecule has 0 radical (unpaired) electrons. The fraction of sp³-hybridized carbons (Fsp3) is 0.320. The van der Waals surface area contributed by atoms with Crippen LogP contribution in [0.25, 0.3) is 22.0 Å². The van der Waals surface area contributed by atoms with Crippen molar-refractivity contribution in [2.75, 3.05) is 19.5 Å². The second-order valence-electron chi connectivity index (χ2n) is 8.78. The highest BCUT2D eigenvalue weighted by Gasteiger charge is 2.28. The molecular weight excluding hydrogens is 464 g/mol. The molecule has 3 aromatic heterocycles. The van der Waals surface area contributed by atoms with Crippen LogP contribution in [0.4, 0.5) is 5.82 Å². The minimum absolute atomic E-state index is 0.325. The molecule has 9 nitrogen and oxygen atoms in total. The van der Waals surface area contributed by atoms with E-state index in [2.05, 4.69) is 25.5 Å². The zero-order valence-electron chi connectivity index (χ0n) is 19.4. The number of methoxy groups -OCH3 is 2. The number of rotatable bonds is 8. The lowest BCUT2D eigenvalue weighted by atomic mass is 10.0. The zero-order chi connectivity index (χ0) is 23.9. The summed E-state index contributed by atoms with van der Waals surface area (Å²) in [6.45, 7) is 0. The average molecular weight is 489 g/mol. The zero-order valence-corrected chi connectivity index (χ0v) is 20.2. The summed E-state index contributed by atoms with van der Waals surface area (Å²) >= 11 is 1.42. The van der Waals surface area contributed by atoms with Gasteiger partial charge in [-0.25, -0.2) is 4.98 Å². The molecule has 2 aliphatic rings. The van der Waals surface area contributed by atoms with E-state index in [-0.39, 0.29) is 5.91 Å². The molecule has 0 atom stereocenters. The van der Waals surface area contributed by atoms with Gasteiger partial charge in [-0.05, 0) is 37.8 Å². The van der Waals surface area contributed by atoms with E-state index >= 15 is 0 Å². The van der Waals surface area contributed by atoms with Gasteiger partial charge in [0.25, 0.3) is 5.91 Å². The third-order valence-corrected chi connectivity index (χ3v) is 7.15. The number of amides is 1. The number of ether oxygens (including phenoxy) is 2. The summed E-state index contributed by atoms with van der Waals surface area (Å²) in [5.74, 6) is 2.45. The summed E-state index contributed by atoms with van der Waals surface area (Å²) < 4.78 is 13.2. The second-order valence-corrected chi connectivity index (χ2v) is 9.64. The summed E-state index contributed by atoms with van der Waals surface area (Å²) in [6.07, 6.45) is 8.21. The molecule has 1 amide bonds. The third-order valence-electron chi connectivity index (χ3n) is 6.31. The molecule has 0 spiro atoms. The number of carbonyl (C=O) groups excluding carboxylic acids is 1. The van der Waals surface area contributed by atoms with E-state index in [1.165, 1.54) is 31.3 Å². The van der Waals surface area contributed by atoms with E-state index in [9.17, 15) is 4.79 Å². The molecule has 10 heteroatoms. The van der Waals surface area contributed by atoms with E-state index in [1.54, 1.807) is 30.9 Å². The molecule has 3 heterocycles. The first-order valence-electron chi connectivity index (χ1n) is 11.5. The highest BCUT2D eigenvalue weighted by molar-refractivity contribution is 7.13. The van der Waals surface area contributed by atoms with Crippen LogP contribution in [0.2, 0.25) is 0 Å². The van der Waals surface area contributed by atoms with Gasteiger partial charge >= 0.3 is 0 Å². The Morgan fingerprint density at radius 2 is 1.94 bits per heavy atom. The van der Waals surface area contributed by atoms with Crippen LogP contribution >= 0.6 is 11.3 Å². The number of thiazole rings is 1. The molecule has 35 heavy (non-hydrogen) atoms. The van der Waals surface area contributed by atoms with Crippen molar-refractivity contribution in [3.63, 3.8) is 0 Å². The van der Waals surface area contributed by atoms with Gasteiger partial charge in [0, 0.05) is 46.4 Å². The van der Waals surface area contributed by atoms with Crippen molar-refractivity contribution in [2.45, 2.75) is 37.6 Å². The summed E-state index contributed by atoms with van der Waals surface area (Å²) in [6, 6.07) is 8.02. The number of nitrogens with zero attached hydrogens (tertiary/aromatic N) is 5. The molecule has 6 rings (SSSR count). The second kappa shape index (κ2) is 8.77. The Kier molecular flexibility index (Phi) is 5.44. The molecular formula is C25H24N6O3S. The number of nitrogens with one attached hydrogen (secondary N) is 1. The van der Waals surface area contributed by atoms with Crippen molar-refractivity contribution in [3.8, 4) is 33.5 Å². The highest BCUT2D eigenvalue weighted by Crippen LogP contribution is 2.41. The Morgan fingerprint density at radius 3 is 2.63 bits per heavy atom. The maximum Gasteiger partial charge on any atom is 0.260 e. The largest absolute Gasteiger partial charge is 0.496 e. The van der Waals surface area contributed by atoms with Crippen LogP contribution in [0.5, 0.6) is 11.5 Å². The van der Waals surface area contributed by atoms with Crippen LogP contribution in [0, 0.1) is 0 Å². The topological polar surface area (TPSA) is 104 Å². The number of benzene rings is 1. The molecule has 0 unspecified atom stereocenters. The Morgan fingerprint density at radius 1 is 1.11 bits per heavy atom. The van der Waals surface area contributed by atoms with E-state index < -0.39 is 0 Å². The molecule has 1 aromatic carbocycles. The fourth-order valence-electron chi connectivity index (χ4n) is 4.12. The van der Waals surface area contributed by atoms with Gasteiger partial charge in [-0.1, -0.05) is 6.07 Å². The van der Waals surface area contributed by atoms with Crippen LogP contribution in [0.1, 0.15) is 53.7 Å². The standard InChI is InChI=1S/C25H24N6O3S/c1-33-20-10-21(34-2)18(9-17(20)15-5-8-19(26-11-15)14-3-4-14)24(32)28-22-12-35-25(29-22)23-30-27-13-31(23)16-6-7-16/h5,8-14,16H,3-4,6-7H2,1-2H3,(H,28,32). The predicted molar refractivity (Wildman–Crippen MR) is 132 cm³/mol. The van der Waals surface area contributed by atoms with Crippen LogP contribution in [0.15, 0.2) is 42.2 Å². The summed E-state index contributed by atoms with van der Waals surface area (Å²) in [5, 5.41) is 13.7. The molecule has 2 fully saturated rings. The smallest absolute Gasteiger partial charge is 0.260 e. The number of pyridine rings is 1. The van der Waals surface area contributed by atoms with Crippen LogP contribution in [-0.4, -0.2) is 44.9 Å². The Hall–Kier alpha value is -3.79. The summed E-state index contributed by atoms with van der Waals surface area (Å²) in [5.41, 5.74) is 3.13. The van der Waals surface area contributed by atoms with Crippen LogP contribution < -0.4 is 14.8 Å². The molecule has 2 aliphatic carbocycles. The lowest BCUT2D eigenvalue weighted by molar-refractivity contribution is 0.102. The SMILES string of the molecule is COc1cc(OC)c(-c2ccc(C3CC3)nc2)cc1C(=O)Nc1csc(-c2nncn2C2CC2)n1. The Bertz CT molecular complexity index is 1390. The minimum atomic E-state index is -0.325. The van der Waals surface area contributed by atoms with E-state index in [0.717, 1.165) is 35.5 Å². The summed E-state index contributed by atoms with van der Waals surface area (Å²) in [7, 11) is 3.13. The van der Waals surface area contributed by atoms with Gasteiger partial charge in [0.2, 0.25) is 0 Å². The van der Waals surface area contributed by atoms with Crippen LogP contribution in [0.3, 0.4) is 0 Å². The quantitative estimate of drug-likeness (QED) is 0.374. The first-order chi connectivity index (χ1) is 17.1. The van der Waals surface area contributed by atoms with Gasteiger partial charge in [-0.3, -0.25) is 9.78 Å². The van der Waals surface area contributed by atoms with Crippen molar-refractivity contribution in [1.29, 1.82) is 0 Å². The predicted octanol–water partition coefficient (Wildman–Crippen LogP) is 4.95. The van der Waals surface area contributed by atoms with E-state index in [0.29, 0.717) is 39.8 Å². The number of carbonyl (C=O) groups is 1. The number of hydrogen-bond donors (Lipinski definition) is 1.